The second-order valence-electron chi connectivity index (χ2n) is 24.6. The van der Waals surface area contributed by atoms with Crippen molar-refractivity contribution in [1.82, 2.24) is 19.9 Å². The normalized spacial score (nSPS) is 14.5. The summed E-state index contributed by atoms with van der Waals surface area (Å²) in [4.78, 5) is 21.6. The first-order valence-electron chi connectivity index (χ1n) is 32.0. The molecule has 2 aliphatic carbocycles. The lowest BCUT2D eigenvalue weighted by Crippen LogP contribution is -2.32. The van der Waals surface area contributed by atoms with Gasteiger partial charge in [0.2, 0.25) is 0 Å². The molecule has 2 spiro atoms. The van der Waals surface area contributed by atoms with Gasteiger partial charge in [-0.05, 0) is 91.5 Å². The van der Waals surface area contributed by atoms with Gasteiger partial charge in [0.05, 0.1) is 33.6 Å². The van der Waals surface area contributed by atoms with Gasteiger partial charge in [-0.2, -0.15) is 0 Å². The molecule has 0 saturated carbocycles. The van der Waals surface area contributed by atoms with Crippen molar-refractivity contribution in [2.75, 3.05) is 0 Å². The van der Waals surface area contributed by atoms with Crippen LogP contribution in [0.4, 0.5) is 0 Å². The van der Waals surface area contributed by atoms with Crippen LogP contribution in [-0.2, 0) is 10.8 Å². The number of fused-ring (bicyclic) bond motifs is 18. The summed E-state index contributed by atoms with van der Waals surface area (Å²) >= 11 is 0. The van der Waals surface area contributed by atoms with Crippen molar-refractivity contribution in [1.29, 1.82) is 0 Å². The van der Waals surface area contributed by atoms with Gasteiger partial charge in [0.25, 0.3) is 0 Å². The van der Waals surface area contributed by atoms with Gasteiger partial charge >= 0.3 is 0 Å². The fourth-order valence-electron chi connectivity index (χ4n) is 15.7. The van der Waals surface area contributed by atoms with E-state index in [0.717, 1.165) is 135 Å². The Hall–Kier alpha value is -12.4. The smallest absolute Gasteiger partial charge is 0.160 e. The summed E-state index contributed by atoms with van der Waals surface area (Å²) in [5, 5.41) is 0. The Morgan fingerprint density at radius 3 is 1.00 bits per heavy atom. The van der Waals surface area contributed by atoms with E-state index in [1.54, 1.807) is 0 Å². The summed E-state index contributed by atoms with van der Waals surface area (Å²) in [6.07, 6.45) is 0. The van der Waals surface area contributed by atoms with Crippen LogP contribution in [-0.4, -0.2) is 19.9 Å². The van der Waals surface area contributed by atoms with Crippen LogP contribution in [0.5, 0.6) is 23.0 Å². The highest BCUT2D eigenvalue weighted by Gasteiger charge is 2.54. The number of para-hydroxylation sites is 4. The van der Waals surface area contributed by atoms with Crippen LogP contribution >= 0.6 is 0 Å². The molecule has 13 aromatic carbocycles. The van der Waals surface area contributed by atoms with Crippen LogP contribution in [0.2, 0.25) is 0 Å². The molecule has 6 nitrogen and oxygen atoms in total. The third kappa shape index (κ3) is 7.96. The Bertz CT molecular complexity index is 5510. The van der Waals surface area contributed by atoms with E-state index in [1.165, 1.54) is 33.4 Å². The van der Waals surface area contributed by atoms with Crippen molar-refractivity contribution in [3.8, 4) is 135 Å². The largest absolute Gasteiger partial charge is 0.457 e. The predicted molar refractivity (Wildman–Crippen MR) is 376 cm³/mol. The van der Waals surface area contributed by atoms with Crippen LogP contribution in [0.3, 0.4) is 0 Å². The lowest BCUT2D eigenvalue weighted by molar-refractivity contribution is 0.436. The van der Waals surface area contributed by atoms with Gasteiger partial charge in [-0.1, -0.05) is 297 Å². The van der Waals surface area contributed by atoms with Crippen LogP contribution < -0.4 is 9.47 Å². The molecule has 0 bridgehead atoms. The van der Waals surface area contributed by atoms with Gasteiger partial charge in [0.1, 0.15) is 23.0 Å². The number of ether oxygens (including phenoxy) is 2. The Kier molecular flexibility index (Phi) is 12.0. The van der Waals surface area contributed by atoms with Gasteiger partial charge in [-0.25, -0.2) is 19.9 Å². The summed E-state index contributed by atoms with van der Waals surface area (Å²) < 4.78 is 14.0. The first-order valence-corrected chi connectivity index (χ1v) is 32.0. The zero-order valence-electron chi connectivity index (χ0n) is 50.8. The number of nitrogens with zero attached hydrogens (tertiary/aromatic N) is 4. The highest BCUT2D eigenvalue weighted by atomic mass is 16.5. The summed E-state index contributed by atoms with van der Waals surface area (Å²) in [5.41, 5.74) is 26.0. The van der Waals surface area contributed by atoms with Gasteiger partial charge in [-0.15, -0.1) is 0 Å². The average molecular weight is 1200 g/mol. The minimum absolute atomic E-state index is 0.621. The first kappa shape index (κ1) is 53.5. The fraction of sp³-hybridized carbons (Fsp3) is 0.0227. The molecule has 15 aromatic rings. The van der Waals surface area contributed by atoms with Crippen molar-refractivity contribution in [3.63, 3.8) is 0 Å². The molecule has 4 aliphatic rings. The maximum atomic E-state index is 7.30. The van der Waals surface area contributed by atoms with E-state index in [0.29, 0.717) is 11.6 Å². The van der Waals surface area contributed by atoms with E-state index in [9.17, 15) is 0 Å². The minimum Gasteiger partial charge on any atom is -0.457 e. The van der Waals surface area contributed by atoms with Gasteiger partial charge in [0.15, 0.2) is 11.6 Å². The summed E-state index contributed by atoms with van der Waals surface area (Å²) in [5.74, 6) is 4.67. The number of hydrogen-bond acceptors (Lipinski definition) is 6. The van der Waals surface area contributed by atoms with E-state index in [-0.39, 0.29) is 0 Å². The van der Waals surface area contributed by atoms with Crippen LogP contribution in [0.15, 0.2) is 328 Å². The van der Waals surface area contributed by atoms with E-state index in [4.69, 9.17) is 29.4 Å². The average Bonchev–Trinajstić information content (AvgIpc) is 1.49. The Balaban J connectivity index is 0.747. The Morgan fingerprint density at radius 1 is 0.202 bits per heavy atom. The highest BCUT2D eigenvalue weighted by Crippen LogP contribution is 2.66. The molecule has 1 unspecified atom stereocenters. The maximum Gasteiger partial charge on any atom is 0.160 e. The quantitative estimate of drug-likeness (QED) is 0.151. The third-order valence-electron chi connectivity index (χ3n) is 19.7. The molecule has 0 saturated heterocycles. The zero-order valence-corrected chi connectivity index (χ0v) is 50.8. The second kappa shape index (κ2) is 21.1. The molecule has 4 heterocycles. The van der Waals surface area contributed by atoms with Crippen molar-refractivity contribution in [2.24, 2.45) is 0 Å². The number of benzene rings is 13. The molecule has 19 rings (SSSR count). The topological polar surface area (TPSA) is 70.0 Å². The molecule has 1 atom stereocenters. The monoisotopic (exact) mass is 1200 g/mol. The summed E-state index contributed by atoms with van der Waals surface area (Å²) in [6.45, 7) is 0. The Labute approximate surface area is 544 Å². The molecule has 2 aliphatic heterocycles. The molecule has 6 heteroatoms. The molecule has 0 N–H and O–H groups in total. The standard InChI is InChI=1S/C88H54N4O2/c1-4-23-55(24-5-1)56-45-49-58(50-46-56)75-53-78(92-85(89-75)60-25-6-2-7-26-60)66-33-22-40-73-83(66)64-30-11-13-35-68(64)88(73)71-38-16-19-44-81(71)94-84-62(31-20-41-74(84)88)57-47-51-59(52-48-57)76-54-77(91-86(90-76)61-27-8-3-9-28-61)65-32-21-39-72-82(65)63-29-10-12-34-67(63)87(72)69-36-14-17-42-79(69)93-80-43-18-15-37-70(80)87/h1-54H. The summed E-state index contributed by atoms with van der Waals surface area (Å²) in [7, 11) is 0. The maximum absolute atomic E-state index is 7.30. The van der Waals surface area contributed by atoms with Crippen molar-refractivity contribution in [3.05, 3.63) is 372 Å². The Morgan fingerprint density at radius 2 is 0.521 bits per heavy atom. The van der Waals surface area contributed by atoms with Crippen LogP contribution in [0, 0.1) is 0 Å². The molecule has 0 radical (unpaired) electrons. The lowest BCUT2D eigenvalue weighted by atomic mass is 9.65. The van der Waals surface area contributed by atoms with Gasteiger partial charge in [0, 0.05) is 61.2 Å². The van der Waals surface area contributed by atoms with Crippen LogP contribution in [0.25, 0.3) is 112 Å². The lowest BCUT2D eigenvalue weighted by Gasteiger charge is -2.40. The SMILES string of the molecule is c1ccc(-c2ccc(-c3cc(-c4cccc5c4-c4ccccc4C54c5ccccc5Oc5c(-c6ccc(-c7cc(-c8cccc9c8-c8ccccc8C98c9ccccc9Oc9ccccc98)nc(-c8ccccc8)n7)cc6)cccc54)nc(-c4ccccc4)n3)cc2)cc1. The molecule has 438 valence electrons. The number of hydrogen-bond donors (Lipinski definition) is 0. The number of aromatic nitrogens is 4. The summed E-state index contributed by atoms with van der Waals surface area (Å²) in [6, 6.07) is 117. The van der Waals surface area contributed by atoms with Crippen LogP contribution in [0.1, 0.15) is 44.5 Å². The van der Waals surface area contributed by atoms with Crippen molar-refractivity contribution < 1.29 is 9.47 Å². The highest BCUT2D eigenvalue weighted by molar-refractivity contribution is 5.99. The van der Waals surface area contributed by atoms with E-state index in [1.807, 2.05) is 24.3 Å². The van der Waals surface area contributed by atoms with E-state index in [2.05, 4.69) is 303 Å². The predicted octanol–water partition coefficient (Wildman–Crippen LogP) is 21.5. The zero-order chi connectivity index (χ0) is 61.9. The molecular formula is C88H54N4O2. The molecular weight excluding hydrogens is 1140 g/mol. The van der Waals surface area contributed by atoms with Gasteiger partial charge in [-0.3, -0.25) is 0 Å². The van der Waals surface area contributed by atoms with Crippen molar-refractivity contribution in [2.45, 2.75) is 10.8 Å². The molecule has 0 amide bonds. The molecule has 0 fully saturated rings. The van der Waals surface area contributed by atoms with Crippen molar-refractivity contribution >= 4 is 0 Å². The van der Waals surface area contributed by atoms with E-state index >= 15 is 0 Å². The minimum atomic E-state index is -0.756. The fourth-order valence-corrected chi connectivity index (χ4v) is 15.7. The van der Waals surface area contributed by atoms with Gasteiger partial charge < -0.3 is 9.47 Å². The number of rotatable bonds is 8. The third-order valence-corrected chi connectivity index (χ3v) is 19.7. The molecule has 2 aromatic heterocycles. The first-order chi connectivity index (χ1) is 46.6. The molecule has 94 heavy (non-hydrogen) atoms. The second-order valence-corrected chi connectivity index (χ2v) is 24.6. The van der Waals surface area contributed by atoms with E-state index < -0.39 is 10.8 Å².